The van der Waals surface area contributed by atoms with Gasteiger partial charge in [-0.25, -0.2) is 9.98 Å². The molecule has 1 aliphatic heterocycles. The molecule has 6 nitrogen and oxygen atoms in total. The summed E-state index contributed by atoms with van der Waals surface area (Å²) in [5.41, 5.74) is 2.17. The molecule has 0 aliphatic carbocycles. The van der Waals surface area contributed by atoms with Gasteiger partial charge in [-0.15, -0.1) is 35.3 Å². The molecule has 0 amide bonds. The number of benzene rings is 1. The van der Waals surface area contributed by atoms with Crippen molar-refractivity contribution < 1.29 is 9.47 Å². The predicted molar refractivity (Wildman–Crippen MR) is 121 cm³/mol. The van der Waals surface area contributed by atoms with Crippen LogP contribution in [0.4, 0.5) is 0 Å². The third-order valence-electron chi connectivity index (χ3n) is 3.99. The van der Waals surface area contributed by atoms with Crippen molar-refractivity contribution in [3.63, 3.8) is 0 Å². The first kappa shape index (κ1) is 21.7. The predicted octanol–water partition coefficient (Wildman–Crippen LogP) is 3.83. The van der Waals surface area contributed by atoms with E-state index in [2.05, 4.69) is 27.5 Å². The van der Waals surface area contributed by atoms with Crippen molar-refractivity contribution in [3.05, 3.63) is 39.8 Å². The Balaban J connectivity index is 0.00000261. The van der Waals surface area contributed by atoms with E-state index in [4.69, 9.17) is 14.5 Å². The van der Waals surface area contributed by atoms with Gasteiger partial charge < -0.3 is 19.7 Å². The van der Waals surface area contributed by atoms with Crippen LogP contribution in [0.2, 0.25) is 0 Å². The standard InChI is InChI=1S/C19H26N4O2S.HI/c1-4-20-19(23(3)12-16-13-26-14(2)22-16)21-11-15-6-7-17-18(10-15)25-9-5-8-24-17;/h6-7,10,13H,4-5,8-9,11-12H2,1-3H3,(H,20,21);1H. The second-order valence-electron chi connectivity index (χ2n) is 6.22. The van der Waals surface area contributed by atoms with E-state index in [1.54, 1.807) is 11.3 Å². The minimum Gasteiger partial charge on any atom is -0.490 e. The lowest BCUT2D eigenvalue weighted by Crippen LogP contribution is -2.38. The van der Waals surface area contributed by atoms with Crippen molar-refractivity contribution in [2.75, 3.05) is 26.8 Å². The third-order valence-corrected chi connectivity index (χ3v) is 4.81. The Morgan fingerprint density at radius 3 is 2.78 bits per heavy atom. The highest BCUT2D eigenvalue weighted by atomic mass is 127. The third kappa shape index (κ3) is 6.24. The van der Waals surface area contributed by atoms with Gasteiger partial charge in [-0.3, -0.25) is 0 Å². The lowest BCUT2D eigenvalue weighted by molar-refractivity contribution is 0.297. The van der Waals surface area contributed by atoms with Gasteiger partial charge in [0.05, 0.1) is 37.0 Å². The maximum absolute atomic E-state index is 5.77. The number of ether oxygens (including phenoxy) is 2. The fourth-order valence-corrected chi connectivity index (χ4v) is 3.34. The summed E-state index contributed by atoms with van der Waals surface area (Å²) in [6.45, 7) is 7.63. The molecule has 0 fully saturated rings. The smallest absolute Gasteiger partial charge is 0.194 e. The highest BCUT2D eigenvalue weighted by Crippen LogP contribution is 2.30. The lowest BCUT2D eigenvalue weighted by Gasteiger charge is -2.21. The zero-order chi connectivity index (χ0) is 18.4. The van der Waals surface area contributed by atoms with Gasteiger partial charge in [-0.1, -0.05) is 6.07 Å². The van der Waals surface area contributed by atoms with E-state index in [1.165, 1.54) is 0 Å². The summed E-state index contributed by atoms with van der Waals surface area (Å²) >= 11 is 1.67. The van der Waals surface area contributed by atoms with Crippen LogP contribution >= 0.6 is 35.3 Å². The number of hydrogen-bond acceptors (Lipinski definition) is 5. The molecule has 0 unspecified atom stereocenters. The van der Waals surface area contributed by atoms with Gasteiger partial charge in [0.25, 0.3) is 0 Å². The highest BCUT2D eigenvalue weighted by molar-refractivity contribution is 14.0. The van der Waals surface area contributed by atoms with Crippen molar-refractivity contribution in [2.45, 2.75) is 33.4 Å². The van der Waals surface area contributed by atoms with Gasteiger partial charge in [0.2, 0.25) is 0 Å². The monoisotopic (exact) mass is 502 g/mol. The van der Waals surface area contributed by atoms with Gasteiger partial charge in [-0.2, -0.15) is 0 Å². The Morgan fingerprint density at radius 1 is 1.30 bits per heavy atom. The molecule has 0 spiro atoms. The average Bonchev–Trinajstić information content (AvgIpc) is 2.90. The van der Waals surface area contributed by atoms with Crippen LogP contribution in [0.25, 0.3) is 0 Å². The first-order chi connectivity index (χ1) is 12.7. The van der Waals surface area contributed by atoms with Gasteiger partial charge in [0, 0.05) is 25.4 Å². The topological polar surface area (TPSA) is 59.0 Å². The van der Waals surface area contributed by atoms with Crippen LogP contribution < -0.4 is 14.8 Å². The van der Waals surface area contributed by atoms with E-state index in [-0.39, 0.29) is 24.0 Å². The average molecular weight is 502 g/mol. The van der Waals surface area contributed by atoms with Crippen molar-refractivity contribution in [1.29, 1.82) is 0 Å². The number of hydrogen-bond donors (Lipinski definition) is 1. The first-order valence-corrected chi connectivity index (χ1v) is 9.82. The summed E-state index contributed by atoms with van der Waals surface area (Å²) in [6.07, 6.45) is 0.910. The van der Waals surface area contributed by atoms with E-state index < -0.39 is 0 Å². The molecule has 1 N–H and O–H groups in total. The highest BCUT2D eigenvalue weighted by Gasteiger charge is 2.12. The van der Waals surface area contributed by atoms with Crippen molar-refractivity contribution in [1.82, 2.24) is 15.2 Å². The summed E-state index contributed by atoms with van der Waals surface area (Å²) in [5.74, 6) is 2.50. The number of aromatic nitrogens is 1. The molecule has 27 heavy (non-hydrogen) atoms. The van der Waals surface area contributed by atoms with Crippen LogP contribution in [-0.2, 0) is 13.1 Å². The zero-order valence-corrected chi connectivity index (χ0v) is 19.2. The molecule has 2 aromatic rings. The number of aliphatic imine (C=N–C) groups is 1. The van der Waals surface area contributed by atoms with Crippen LogP contribution in [-0.4, -0.2) is 42.6 Å². The molecular formula is C19H27IN4O2S. The summed E-state index contributed by atoms with van der Waals surface area (Å²) in [5, 5.41) is 6.53. The number of thiazole rings is 1. The van der Waals surface area contributed by atoms with Gasteiger partial charge >= 0.3 is 0 Å². The van der Waals surface area contributed by atoms with Gasteiger partial charge in [0.1, 0.15) is 0 Å². The number of aryl methyl sites for hydroxylation is 1. The Kier molecular flexibility index (Phi) is 8.62. The van der Waals surface area contributed by atoms with E-state index in [1.807, 2.05) is 32.2 Å². The normalized spacial score (nSPS) is 13.5. The molecular weight excluding hydrogens is 475 g/mol. The minimum absolute atomic E-state index is 0. The first-order valence-electron chi connectivity index (χ1n) is 8.94. The van der Waals surface area contributed by atoms with Crippen LogP contribution in [0.15, 0.2) is 28.6 Å². The summed E-state index contributed by atoms with van der Waals surface area (Å²) < 4.78 is 11.5. The molecule has 0 radical (unpaired) electrons. The number of nitrogens with zero attached hydrogens (tertiary/aromatic N) is 3. The Hall–Kier alpha value is -1.55. The van der Waals surface area contributed by atoms with Crippen LogP contribution in [0, 0.1) is 6.92 Å². The summed E-state index contributed by atoms with van der Waals surface area (Å²) in [6, 6.07) is 6.04. The number of halogens is 1. The van der Waals surface area contributed by atoms with Crippen LogP contribution in [0.1, 0.15) is 29.6 Å². The molecule has 2 heterocycles. The summed E-state index contributed by atoms with van der Waals surface area (Å²) in [7, 11) is 2.03. The molecule has 0 bridgehead atoms. The maximum atomic E-state index is 5.77. The molecule has 0 atom stereocenters. The molecule has 8 heteroatoms. The number of fused-ring (bicyclic) bond motifs is 1. The van der Waals surface area contributed by atoms with Crippen LogP contribution in [0.5, 0.6) is 11.5 Å². The van der Waals surface area contributed by atoms with E-state index >= 15 is 0 Å². The quantitative estimate of drug-likeness (QED) is 0.383. The Labute approximate surface area is 182 Å². The largest absolute Gasteiger partial charge is 0.490 e. The Bertz CT molecular complexity index is 766. The number of nitrogens with one attached hydrogen (secondary N) is 1. The fourth-order valence-electron chi connectivity index (χ4n) is 2.74. The lowest BCUT2D eigenvalue weighted by atomic mass is 10.2. The Morgan fingerprint density at radius 2 is 2.07 bits per heavy atom. The molecule has 1 aromatic heterocycles. The summed E-state index contributed by atoms with van der Waals surface area (Å²) in [4.78, 5) is 11.4. The zero-order valence-electron chi connectivity index (χ0n) is 16.0. The van der Waals surface area contributed by atoms with Crippen LogP contribution in [0.3, 0.4) is 0 Å². The molecule has 148 valence electrons. The second-order valence-corrected chi connectivity index (χ2v) is 7.28. The van der Waals surface area contributed by atoms with Crippen molar-refractivity contribution in [3.8, 4) is 11.5 Å². The van der Waals surface area contributed by atoms with Gasteiger partial charge in [-0.05, 0) is 31.5 Å². The molecule has 0 saturated heterocycles. The number of guanidine groups is 1. The molecule has 0 saturated carbocycles. The maximum Gasteiger partial charge on any atom is 0.194 e. The van der Waals surface area contributed by atoms with E-state index in [0.29, 0.717) is 19.8 Å². The molecule has 1 aliphatic rings. The minimum atomic E-state index is 0. The van der Waals surface area contributed by atoms with E-state index in [0.717, 1.165) is 53.2 Å². The SMILES string of the molecule is CCNC(=NCc1ccc2c(c1)OCCCO2)N(C)Cc1csc(C)n1.I. The van der Waals surface area contributed by atoms with E-state index in [9.17, 15) is 0 Å². The fraction of sp³-hybridized carbons (Fsp3) is 0.474. The number of rotatable bonds is 5. The second kappa shape index (κ2) is 10.7. The van der Waals surface area contributed by atoms with Gasteiger partial charge in [0.15, 0.2) is 17.5 Å². The van der Waals surface area contributed by atoms with Crippen molar-refractivity contribution in [2.24, 2.45) is 4.99 Å². The van der Waals surface area contributed by atoms with Crippen molar-refractivity contribution >= 4 is 41.3 Å². The molecule has 1 aromatic carbocycles. The molecule has 3 rings (SSSR count).